The minimum absolute atomic E-state index is 0.0509. The molecule has 0 aliphatic carbocycles. The molecule has 6 heteroatoms. The predicted molar refractivity (Wildman–Crippen MR) is 70.4 cm³/mol. The smallest absolute Gasteiger partial charge is 0.237 e. The van der Waals surface area contributed by atoms with E-state index in [2.05, 4.69) is 9.97 Å². The third-order valence-corrected chi connectivity index (χ3v) is 2.47. The number of nitrogen functional groups attached to an aromatic ring is 1. The van der Waals surface area contributed by atoms with Crippen molar-refractivity contribution >= 4 is 5.84 Å². The molecule has 0 unspecified atom stereocenters. The van der Waals surface area contributed by atoms with Crippen molar-refractivity contribution in [3.63, 3.8) is 0 Å². The van der Waals surface area contributed by atoms with Crippen molar-refractivity contribution in [1.29, 1.82) is 5.41 Å². The van der Waals surface area contributed by atoms with Crippen LogP contribution in [0.2, 0.25) is 0 Å². The zero-order valence-corrected chi connectivity index (χ0v) is 10.2. The number of ether oxygens (including phenoxy) is 1. The molecule has 4 N–H and O–H groups in total. The molecule has 1 heterocycles. The molecule has 0 saturated carbocycles. The fourth-order valence-corrected chi connectivity index (χ4v) is 1.55. The highest BCUT2D eigenvalue weighted by Gasteiger charge is 2.06. The maximum absolute atomic E-state index is 8.99. The van der Waals surface area contributed by atoms with Crippen LogP contribution >= 0.6 is 0 Å². The maximum atomic E-state index is 8.99. The second-order valence-corrected chi connectivity index (χ2v) is 3.84. The number of aliphatic hydroxyl groups excluding tert-OH is 1. The van der Waals surface area contributed by atoms with Gasteiger partial charge in [-0.3, -0.25) is 5.41 Å². The number of benzene rings is 1. The van der Waals surface area contributed by atoms with Crippen LogP contribution in [0.4, 0.5) is 0 Å². The van der Waals surface area contributed by atoms with Gasteiger partial charge in [0.1, 0.15) is 17.3 Å². The summed E-state index contributed by atoms with van der Waals surface area (Å²) in [6.07, 6.45) is 3.30. The topological polar surface area (TPSA) is 105 Å². The van der Waals surface area contributed by atoms with Gasteiger partial charge in [0.2, 0.25) is 5.88 Å². The molecule has 19 heavy (non-hydrogen) atoms. The molecule has 0 aliphatic heterocycles. The molecule has 1 aromatic carbocycles. The standard InChI is InChI=1S/C13H14N4O2/c14-13(15)10-7-17-12(8-16-10)19-11-4-2-1-3-9(11)5-6-18/h1-4,7-8,18H,5-6H2,(H3,14,15). The van der Waals surface area contributed by atoms with E-state index in [4.69, 9.17) is 21.0 Å². The zero-order valence-electron chi connectivity index (χ0n) is 10.2. The lowest BCUT2D eigenvalue weighted by atomic mass is 10.1. The van der Waals surface area contributed by atoms with Crippen LogP contribution in [0.1, 0.15) is 11.3 Å². The molecule has 0 radical (unpaired) electrons. The van der Waals surface area contributed by atoms with Crippen LogP contribution in [0.25, 0.3) is 0 Å². The number of hydrogen-bond donors (Lipinski definition) is 3. The summed E-state index contributed by atoms with van der Waals surface area (Å²) in [7, 11) is 0. The van der Waals surface area contributed by atoms with E-state index in [1.807, 2.05) is 18.2 Å². The molecule has 1 aromatic heterocycles. The van der Waals surface area contributed by atoms with Crippen molar-refractivity contribution in [2.45, 2.75) is 6.42 Å². The second kappa shape index (κ2) is 5.92. The normalized spacial score (nSPS) is 10.2. The van der Waals surface area contributed by atoms with Crippen LogP contribution in [-0.4, -0.2) is 27.5 Å². The zero-order chi connectivity index (χ0) is 13.7. The quantitative estimate of drug-likeness (QED) is 0.550. The van der Waals surface area contributed by atoms with Crippen molar-refractivity contribution in [2.75, 3.05) is 6.61 Å². The number of amidine groups is 1. The van der Waals surface area contributed by atoms with Gasteiger partial charge in [-0.25, -0.2) is 9.97 Å². The maximum Gasteiger partial charge on any atom is 0.237 e. The molecule has 0 bridgehead atoms. The predicted octanol–water partition coefficient (Wildman–Crippen LogP) is 1.09. The Balaban J connectivity index is 2.19. The van der Waals surface area contributed by atoms with Gasteiger partial charge in [-0.2, -0.15) is 0 Å². The van der Waals surface area contributed by atoms with Gasteiger partial charge in [0, 0.05) is 6.61 Å². The third kappa shape index (κ3) is 3.26. The molecule has 0 saturated heterocycles. The number of rotatable bonds is 5. The minimum atomic E-state index is -0.139. The van der Waals surface area contributed by atoms with Crippen molar-refractivity contribution in [2.24, 2.45) is 5.73 Å². The molecular weight excluding hydrogens is 244 g/mol. The largest absolute Gasteiger partial charge is 0.437 e. The molecule has 2 aromatic rings. The number of nitrogens with two attached hydrogens (primary N) is 1. The van der Waals surface area contributed by atoms with Gasteiger partial charge < -0.3 is 15.6 Å². The first kappa shape index (κ1) is 13.0. The summed E-state index contributed by atoms with van der Waals surface area (Å²) in [5.41, 5.74) is 6.49. The minimum Gasteiger partial charge on any atom is -0.437 e. The van der Waals surface area contributed by atoms with E-state index >= 15 is 0 Å². The molecule has 2 rings (SSSR count). The number of para-hydroxylation sites is 1. The van der Waals surface area contributed by atoms with E-state index < -0.39 is 0 Å². The fourth-order valence-electron chi connectivity index (χ4n) is 1.55. The molecule has 0 spiro atoms. The highest BCUT2D eigenvalue weighted by atomic mass is 16.5. The molecule has 0 aliphatic rings. The molecule has 0 atom stereocenters. The Morgan fingerprint density at radius 3 is 2.68 bits per heavy atom. The van der Waals surface area contributed by atoms with Gasteiger partial charge in [-0.1, -0.05) is 18.2 Å². The fraction of sp³-hybridized carbons (Fsp3) is 0.154. The third-order valence-electron chi connectivity index (χ3n) is 2.47. The Hall–Kier alpha value is -2.47. The van der Waals surface area contributed by atoms with E-state index in [1.165, 1.54) is 12.4 Å². The van der Waals surface area contributed by atoms with Crippen molar-refractivity contribution in [3.8, 4) is 11.6 Å². The summed E-state index contributed by atoms with van der Waals surface area (Å²) in [4.78, 5) is 7.99. The van der Waals surface area contributed by atoms with Gasteiger partial charge in [0.05, 0.1) is 12.4 Å². The summed E-state index contributed by atoms with van der Waals surface area (Å²) in [6.45, 7) is 0.0509. The monoisotopic (exact) mass is 258 g/mol. The van der Waals surface area contributed by atoms with Crippen LogP contribution in [0.15, 0.2) is 36.7 Å². The summed E-state index contributed by atoms with van der Waals surface area (Å²) in [5.74, 6) is 0.802. The van der Waals surface area contributed by atoms with Crippen molar-refractivity contribution in [3.05, 3.63) is 47.9 Å². The molecule has 6 nitrogen and oxygen atoms in total. The molecule has 98 valence electrons. The van der Waals surface area contributed by atoms with E-state index in [9.17, 15) is 0 Å². The Bertz CT molecular complexity index is 569. The van der Waals surface area contributed by atoms with Crippen LogP contribution < -0.4 is 10.5 Å². The summed E-state index contributed by atoms with van der Waals surface area (Å²) in [6, 6.07) is 7.39. The number of aromatic nitrogens is 2. The van der Waals surface area contributed by atoms with E-state index in [0.717, 1.165) is 5.56 Å². The van der Waals surface area contributed by atoms with Crippen molar-refractivity contribution in [1.82, 2.24) is 9.97 Å². The second-order valence-electron chi connectivity index (χ2n) is 3.84. The number of aliphatic hydroxyl groups is 1. The highest BCUT2D eigenvalue weighted by Crippen LogP contribution is 2.23. The van der Waals surface area contributed by atoms with E-state index in [-0.39, 0.29) is 12.4 Å². The van der Waals surface area contributed by atoms with E-state index in [1.54, 1.807) is 6.07 Å². The number of hydrogen-bond acceptors (Lipinski definition) is 5. The Morgan fingerprint density at radius 1 is 1.26 bits per heavy atom. The Labute approximate surface area is 110 Å². The lowest BCUT2D eigenvalue weighted by Crippen LogP contribution is -2.13. The van der Waals surface area contributed by atoms with E-state index in [0.29, 0.717) is 23.7 Å². The first-order chi connectivity index (χ1) is 9.20. The van der Waals surface area contributed by atoms with Crippen LogP contribution in [0.3, 0.4) is 0 Å². The SMILES string of the molecule is N=C(N)c1cnc(Oc2ccccc2CCO)cn1. The van der Waals surface area contributed by atoms with Crippen LogP contribution in [0, 0.1) is 5.41 Å². The first-order valence-corrected chi connectivity index (χ1v) is 5.74. The van der Waals surface area contributed by atoms with Gasteiger partial charge in [-0.05, 0) is 18.1 Å². The van der Waals surface area contributed by atoms with Gasteiger partial charge >= 0.3 is 0 Å². The Kier molecular flexibility index (Phi) is 4.04. The van der Waals surface area contributed by atoms with Crippen LogP contribution in [0.5, 0.6) is 11.6 Å². The van der Waals surface area contributed by atoms with Gasteiger partial charge in [0.25, 0.3) is 0 Å². The number of nitrogens with zero attached hydrogens (tertiary/aromatic N) is 2. The van der Waals surface area contributed by atoms with Crippen LogP contribution in [-0.2, 0) is 6.42 Å². The lowest BCUT2D eigenvalue weighted by molar-refractivity contribution is 0.297. The van der Waals surface area contributed by atoms with Crippen molar-refractivity contribution < 1.29 is 9.84 Å². The Morgan fingerprint density at radius 2 is 2.05 bits per heavy atom. The summed E-state index contributed by atoms with van der Waals surface area (Å²) < 4.78 is 5.60. The molecule has 0 amide bonds. The van der Waals surface area contributed by atoms with Gasteiger partial charge in [-0.15, -0.1) is 0 Å². The van der Waals surface area contributed by atoms with Gasteiger partial charge in [0.15, 0.2) is 0 Å². The highest BCUT2D eigenvalue weighted by molar-refractivity contribution is 5.92. The summed E-state index contributed by atoms with van der Waals surface area (Å²) >= 11 is 0. The number of nitrogens with one attached hydrogen (secondary N) is 1. The lowest BCUT2D eigenvalue weighted by Gasteiger charge is -2.09. The molecular formula is C13H14N4O2. The first-order valence-electron chi connectivity index (χ1n) is 5.74. The summed E-state index contributed by atoms with van der Waals surface area (Å²) in [5, 5.41) is 16.2. The molecule has 0 fully saturated rings. The average Bonchev–Trinajstić information content (AvgIpc) is 2.42. The average molecular weight is 258 g/mol.